The first-order chi connectivity index (χ1) is 20.3. The Hall–Kier alpha value is -4.48. The van der Waals surface area contributed by atoms with Gasteiger partial charge in [0.05, 0.1) is 35.7 Å². The minimum Gasteiger partial charge on any atom is -0.444 e. The van der Waals surface area contributed by atoms with E-state index in [-0.39, 0.29) is 23.8 Å². The van der Waals surface area contributed by atoms with Crippen LogP contribution in [0, 0.1) is 0 Å². The highest BCUT2D eigenvalue weighted by molar-refractivity contribution is 6.39. The minimum absolute atomic E-state index is 0.141. The molecule has 5 rings (SSSR count). The highest BCUT2D eigenvalue weighted by Crippen LogP contribution is 2.44. The molecule has 0 unspecified atom stereocenters. The van der Waals surface area contributed by atoms with Gasteiger partial charge in [-0.25, -0.2) is 9.78 Å². The third-order valence-electron chi connectivity index (χ3n) is 7.23. The fraction of sp³-hybridized carbons (Fsp3) is 0.387. The normalized spacial score (nSPS) is 16.3. The van der Waals surface area contributed by atoms with Crippen molar-refractivity contribution in [1.29, 1.82) is 0 Å². The Morgan fingerprint density at radius 3 is 2.35 bits per heavy atom. The second-order valence-corrected chi connectivity index (χ2v) is 11.7. The standard InChI is InChI=1S/C31H32F3N5O4/c1-30(2,3)43-29(42)38-26-24(19-8-9-19)14-22(16-36-26)37-27(40)28(41)39(25-13-10-18-6-4-5-7-23(18)25)17-21-12-11-20(15-35-21)31(32,33)34/h4-7,11-12,14-16,19,25H,8-10,13,17H2,1-3H3,(H,37,40)(H,36,38,42)/t25-/m1/s1. The van der Waals surface area contributed by atoms with Crippen molar-refractivity contribution in [2.24, 2.45) is 0 Å². The molecule has 2 heterocycles. The van der Waals surface area contributed by atoms with E-state index >= 15 is 0 Å². The molecule has 2 N–H and O–H groups in total. The van der Waals surface area contributed by atoms with Gasteiger partial charge in [-0.3, -0.25) is 19.9 Å². The zero-order valence-corrected chi connectivity index (χ0v) is 24.0. The summed E-state index contributed by atoms with van der Waals surface area (Å²) < 4.78 is 44.6. The molecular formula is C31H32F3N5O4. The first-order valence-electron chi connectivity index (χ1n) is 14.0. The van der Waals surface area contributed by atoms with Gasteiger partial charge in [-0.1, -0.05) is 24.3 Å². The Balaban J connectivity index is 1.36. The number of ether oxygens (including phenoxy) is 1. The fourth-order valence-electron chi connectivity index (χ4n) is 5.12. The van der Waals surface area contributed by atoms with Crippen LogP contribution >= 0.6 is 0 Å². The molecule has 3 aromatic rings. The van der Waals surface area contributed by atoms with Crippen LogP contribution in [0.4, 0.5) is 29.5 Å². The highest BCUT2D eigenvalue weighted by Gasteiger charge is 2.36. The SMILES string of the molecule is CC(C)(C)OC(=O)Nc1ncc(NC(=O)C(=O)N(Cc2ccc(C(F)(F)F)cn2)[C@@H]2CCc3ccccc32)cc1C1CC1. The quantitative estimate of drug-likeness (QED) is 0.320. The number of aromatic nitrogens is 2. The largest absolute Gasteiger partial charge is 0.444 e. The van der Waals surface area contributed by atoms with Gasteiger partial charge in [0.2, 0.25) is 0 Å². The number of hydrogen-bond acceptors (Lipinski definition) is 6. The molecule has 43 heavy (non-hydrogen) atoms. The Morgan fingerprint density at radius 1 is 0.953 bits per heavy atom. The van der Waals surface area contributed by atoms with Gasteiger partial charge in [-0.2, -0.15) is 13.2 Å². The number of benzene rings is 1. The van der Waals surface area contributed by atoms with Crippen LogP contribution < -0.4 is 10.6 Å². The summed E-state index contributed by atoms with van der Waals surface area (Å²) in [5, 5.41) is 5.28. The molecule has 1 fully saturated rings. The van der Waals surface area contributed by atoms with E-state index in [4.69, 9.17) is 4.74 Å². The number of carbonyl (C=O) groups excluding carboxylic acids is 3. The Kier molecular flexibility index (Phi) is 8.13. The average Bonchev–Trinajstić information content (AvgIpc) is 3.70. The molecule has 1 saturated carbocycles. The van der Waals surface area contributed by atoms with Crippen molar-refractivity contribution in [1.82, 2.24) is 14.9 Å². The van der Waals surface area contributed by atoms with Gasteiger partial charge in [0, 0.05) is 11.8 Å². The number of nitrogens with one attached hydrogen (secondary N) is 2. The van der Waals surface area contributed by atoms with Gasteiger partial charge < -0.3 is 15.0 Å². The molecule has 2 aliphatic carbocycles. The summed E-state index contributed by atoms with van der Waals surface area (Å²) in [6.07, 6.45) is -0.124. The molecule has 0 radical (unpaired) electrons. The van der Waals surface area contributed by atoms with Crippen LogP contribution in [0.5, 0.6) is 0 Å². The second-order valence-electron chi connectivity index (χ2n) is 11.7. The van der Waals surface area contributed by atoms with E-state index in [0.29, 0.717) is 24.2 Å². The first kappa shape index (κ1) is 30.0. The van der Waals surface area contributed by atoms with Crippen LogP contribution in [0.2, 0.25) is 0 Å². The van der Waals surface area contributed by atoms with E-state index in [9.17, 15) is 27.6 Å². The highest BCUT2D eigenvalue weighted by atomic mass is 19.4. The molecule has 0 spiro atoms. The van der Waals surface area contributed by atoms with E-state index in [0.717, 1.165) is 36.2 Å². The molecule has 2 aromatic heterocycles. The number of alkyl halides is 3. The third kappa shape index (κ3) is 7.30. The molecule has 0 aliphatic heterocycles. The number of anilines is 2. The molecule has 0 bridgehead atoms. The Labute approximate surface area is 246 Å². The minimum atomic E-state index is -4.54. The molecule has 9 nitrogen and oxygen atoms in total. The molecule has 1 atom stereocenters. The molecule has 1 aromatic carbocycles. The molecule has 0 saturated heterocycles. The lowest BCUT2D eigenvalue weighted by atomic mass is 10.1. The second kappa shape index (κ2) is 11.7. The Morgan fingerprint density at radius 2 is 1.70 bits per heavy atom. The predicted octanol–water partition coefficient (Wildman–Crippen LogP) is 6.37. The van der Waals surface area contributed by atoms with Crippen molar-refractivity contribution < 1.29 is 32.3 Å². The first-order valence-corrected chi connectivity index (χ1v) is 14.0. The fourth-order valence-corrected chi connectivity index (χ4v) is 5.12. The molecule has 2 aliphatic rings. The summed E-state index contributed by atoms with van der Waals surface area (Å²) in [5.41, 5.74) is 1.53. The summed E-state index contributed by atoms with van der Waals surface area (Å²) >= 11 is 0. The van der Waals surface area contributed by atoms with E-state index in [1.54, 1.807) is 26.8 Å². The zero-order valence-electron chi connectivity index (χ0n) is 24.0. The third-order valence-corrected chi connectivity index (χ3v) is 7.23. The number of halogens is 3. The van der Waals surface area contributed by atoms with Crippen LogP contribution in [0.1, 0.15) is 79.9 Å². The van der Waals surface area contributed by atoms with Crippen molar-refractivity contribution >= 4 is 29.4 Å². The topological polar surface area (TPSA) is 114 Å². The number of hydrogen-bond donors (Lipinski definition) is 2. The van der Waals surface area contributed by atoms with Crippen molar-refractivity contribution in [3.05, 3.63) is 82.8 Å². The summed E-state index contributed by atoms with van der Waals surface area (Å²) in [4.78, 5) is 48.9. The van der Waals surface area contributed by atoms with Crippen molar-refractivity contribution in [3.63, 3.8) is 0 Å². The lowest BCUT2D eigenvalue weighted by Crippen LogP contribution is -2.41. The summed E-state index contributed by atoms with van der Waals surface area (Å²) in [7, 11) is 0. The van der Waals surface area contributed by atoms with Gasteiger partial charge in [-0.15, -0.1) is 0 Å². The lowest BCUT2D eigenvalue weighted by molar-refractivity contribution is -0.145. The maximum absolute atomic E-state index is 13.7. The van der Waals surface area contributed by atoms with E-state index in [1.807, 2.05) is 24.3 Å². The smallest absolute Gasteiger partial charge is 0.417 e. The van der Waals surface area contributed by atoms with Gasteiger partial charge in [0.25, 0.3) is 0 Å². The van der Waals surface area contributed by atoms with Gasteiger partial charge in [0.1, 0.15) is 11.4 Å². The summed E-state index contributed by atoms with van der Waals surface area (Å²) in [6.45, 7) is 5.09. The molecule has 12 heteroatoms. The molecule has 3 amide bonds. The van der Waals surface area contributed by atoms with Gasteiger partial charge in [0.15, 0.2) is 0 Å². The number of pyridine rings is 2. The van der Waals surface area contributed by atoms with Crippen LogP contribution in [0.3, 0.4) is 0 Å². The van der Waals surface area contributed by atoms with Crippen LogP contribution in [-0.4, -0.2) is 38.4 Å². The predicted molar refractivity (Wildman–Crippen MR) is 152 cm³/mol. The van der Waals surface area contributed by atoms with E-state index < -0.39 is 41.3 Å². The summed E-state index contributed by atoms with van der Waals surface area (Å²) in [5.74, 6) is -1.32. The van der Waals surface area contributed by atoms with Crippen molar-refractivity contribution in [2.75, 3.05) is 10.6 Å². The molecule has 226 valence electrons. The number of amides is 3. The zero-order chi connectivity index (χ0) is 30.9. The van der Waals surface area contributed by atoms with Crippen LogP contribution in [0.25, 0.3) is 0 Å². The lowest BCUT2D eigenvalue weighted by Gasteiger charge is -2.29. The summed E-state index contributed by atoms with van der Waals surface area (Å²) in [6, 6.07) is 10.9. The number of fused-ring (bicyclic) bond motifs is 1. The van der Waals surface area contributed by atoms with Crippen molar-refractivity contribution in [2.45, 2.75) is 76.7 Å². The van der Waals surface area contributed by atoms with Crippen molar-refractivity contribution in [3.8, 4) is 0 Å². The monoisotopic (exact) mass is 595 g/mol. The molecular weight excluding hydrogens is 563 g/mol. The van der Waals surface area contributed by atoms with Gasteiger partial charge in [-0.05, 0) is 81.7 Å². The average molecular weight is 596 g/mol. The maximum Gasteiger partial charge on any atom is 0.417 e. The van der Waals surface area contributed by atoms with Crippen LogP contribution in [-0.2, 0) is 33.5 Å². The van der Waals surface area contributed by atoms with E-state index in [1.165, 1.54) is 17.2 Å². The number of aryl methyl sites for hydroxylation is 1. The number of carbonyl (C=O) groups is 3. The van der Waals surface area contributed by atoms with Gasteiger partial charge >= 0.3 is 24.1 Å². The van der Waals surface area contributed by atoms with E-state index in [2.05, 4.69) is 20.6 Å². The number of nitrogens with zero attached hydrogens (tertiary/aromatic N) is 3. The van der Waals surface area contributed by atoms with Crippen LogP contribution in [0.15, 0.2) is 54.9 Å². The maximum atomic E-state index is 13.7. The Bertz CT molecular complexity index is 1530. The number of rotatable bonds is 6.